The van der Waals surface area contributed by atoms with Crippen LogP contribution in [0.15, 0.2) is 70.6 Å². The number of hydrogen-bond donors (Lipinski definition) is 3. The topological polar surface area (TPSA) is 178 Å². The number of aromatic nitrogens is 1. The van der Waals surface area contributed by atoms with E-state index < -0.39 is 37.5 Å². The molecule has 1 spiro atoms. The lowest BCUT2D eigenvalue weighted by Crippen LogP contribution is -2.47. The smallest absolute Gasteiger partial charge is 0.243 e. The highest BCUT2D eigenvalue weighted by atomic mass is 32.2. The van der Waals surface area contributed by atoms with Crippen molar-refractivity contribution < 1.29 is 36.2 Å². The third kappa shape index (κ3) is 7.51. The second kappa shape index (κ2) is 12.8. The molecule has 2 aromatic carbocycles. The normalized spacial score (nSPS) is 19.9. The number of amides is 1. The van der Waals surface area contributed by atoms with Crippen molar-refractivity contribution in [3.8, 4) is 5.75 Å². The van der Waals surface area contributed by atoms with Gasteiger partial charge in [-0.1, -0.05) is 12.1 Å². The minimum atomic E-state index is -3.69. The van der Waals surface area contributed by atoms with Gasteiger partial charge >= 0.3 is 0 Å². The van der Waals surface area contributed by atoms with E-state index in [4.69, 9.17) is 15.2 Å². The highest BCUT2D eigenvalue weighted by Crippen LogP contribution is 2.37. The Hall–Kier alpha value is -3.14. The van der Waals surface area contributed by atoms with Crippen LogP contribution in [0.5, 0.6) is 5.75 Å². The van der Waals surface area contributed by atoms with Gasteiger partial charge in [0.05, 0.1) is 33.3 Å². The first-order chi connectivity index (χ1) is 20.5. The quantitative estimate of drug-likeness (QED) is 0.263. The van der Waals surface area contributed by atoms with Gasteiger partial charge < -0.3 is 25.6 Å². The largest absolute Gasteiger partial charge is 0.491 e. The molecule has 2 aliphatic rings. The Morgan fingerprint density at radius 2 is 1.91 bits per heavy atom. The summed E-state index contributed by atoms with van der Waals surface area (Å²) in [6.07, 6.45) is 2.38. The molecule has 0 aliphatic carbocycles. The van der Waals surface area contributed by atoms with Gasteiger partial charge in [0.25, 0.3) is 0 Å². The van der Waals surface area contributed by atoms with Crippen LogP contribution in [-0.4, -0.2) is 93.5 Å². The molecule has 3 heterocycles. The number of ether oxygens (including phenoxy) is 2. The zero-order chi connectivity index (χ0) is 30.7. The first-order valence-electron chi connectivity index (χ1n) is 14.1. The summed E-state index contributed by atoms with van der Waals surface area (Å²) in [6, 6.07) is 14.5. The molecular weight excluding hydrogens is 596 g/mol. The van der Waals surface area contributed by atoms with E-state index in [9.17, 15) is 26.7 Å². The highest BCUT2D eigenvalue weighted by molar-refractivity contribution is 7.91. The summed E-state index contributed by atoms with van der Waals surface area (Å²) >= 11 is 0. The molecule has 1 aromatic heterocycles. The van der Waals surface area contributed by atoms with E-state index in [1.165, 1.54) is 22.5 Å². The first kappa shape index (κ1) is 31.3. The molecule has 3 aromatic rings. The lowest BCUT2D eigenvalue weighted by Gasteiger charge is -2.38. The Balaban J connectivity index is 1.08. The van der Waals surface area contributed by atoms with Crippen LogP contribution in [0, 0.1) is 0 Å². The molecule has 2 fully saturated rings. The number of hydrogen-bond acceptors (Lipinski definition) is 10. The fourth-order valence-electron chi connectivity index (χ4n) is 5.49. The Labute approximate surface area is 251 Å². The van der Waals surface area contributed by atoms with Gasteiger partial charge in [0.1, 0.15) is 18.5 Å². The monoisotopic (exact) mass is 632 g/mol. The van der Waals surface area contributed by atoms with Gasteiger partial charge in [-0.2, -0.15) is 4.31 Å². The highest BCUT2D eigenvalue weighted by Gasteiger charge is 2.44. The SMILES string of the molecule is NC(=O)CCS(=O)(=O)c1cccc(OCC(O)CN[C@H]2COC3(CCN(S(=O)(=O)c4ccc5ncccc5c4)CC3)C2)c1. The summed E-state index contributed by atoms with van der Waals surface area (Å²) < 4.78 is 64.8. The summed E-state index contributed by atoms with van der Waals surface area (Å²) in [5.41, 5.74) is 5.39. The number of pyridine rings is 1. The van der Waals surface area contributed by atoms with Gasteiger partial charge in [-0.25, -0.2) is 16.8 Å². The number of aliphatic hydroxyl groups is 1. The minimum absolute atomic E-state index is 0.00970. The Bertz CT molecular complexity index is 1670. The fraction of sp³-hybridized carbons (Fsp3) is 0.448. The lowest BCUT2D eigenvalue weighted by atomic mass is 9.88. The zero-order valence-electron chi connectivity index (χ0n) is 23.6. The van der Waals surface area contributed by atoms with Crippen molar-refractivity contribution in [2.24, 2.45) is 5.73 Å². The summed E-state index contributed by atoms with van der Waals surface area (Å²) in [5, 5.41) is 14.5. The molecule has 5 rings (SSSR count). The van der Waals surface area contributed by atoms with Crippen LogP contribution in [0.25, 0.3) is 10.9 Å². The molecule has 2 saturated heterocycles. The van der Waals surface area contributed by atoms with E-state index in [0.29, 0.717) is 39.0 Å². The average molecular weight is 633 g/mol. The lowest BCUT2D eigenvalue weighted by molar-refractivity contribution is -0.117. The van der Waals surface area contributed by atoms with Gasteiger partial charge in [-0.05, 0) is 61.7 Å². The molecule has 232 valence electrons. The molecule has 14 heteroatoms. The van der Waals surface area contributed by atoms with Gasteiger partial charge in [0.15, 0.2) is 9.84 Å². The summed E-state index contributed by atoms with van der Waals surface area (Å²) in [6.45, 7) is 1.33. The van der Waals surface area contributed by atoms with E-state index in [0.717, 1.165) is 10.9 Å². The number of piperidine rings is 1. The molecule has 0 saturated carbocycles. The number of aliphatic hydroxyl groups excluding tert-OH is 1. The molecule has 4 N–H and O–H groups in total. The van der Waals surface area contributed by atoms with Crippen LogP contribution in [-0.2, 0) is 29.4 Å². The molecular formula is C29H36N4O8S2. The second-order valence-electron chi connectivity index (χ2n) is 11.0. The van der Waals surface area contributed by atoms with E-state index >= 15 is 0 Å². The maximum atomic E-state index is 13.3. The number of rotatable bonds is 12. The predicted octanol–water partition coefficient (Wildman–Crippen LogP) is 1.23. The third-order valence-corrected chi connectivity index (χ3v) is 11.5. The van der Waals surface area contributed by atoms with Crippen molar-refractivity contribution in [2.45, 2.75) is 53.2 Å². The maximum Gasteiger partial charge on any atom is 0.243 e. The van der Waals surface area contributed by atoms with Gasteiger partial charge in [-0.3, -0.25) is 9.78 Å². The van der Waals surface area contributed by atoms with Crippen LogP contribution in [0.3, 0.4) is 0 Å². The number of nitrogens with two attached hydrogens (primary N) is 1. The molecule has 2 atom stereocenters. The van der Waals surface area contributed by atoms with Crippen molar-refractivity contribution >= 4 is 36.7 Å². The van der Waals surface area contributed by atoms with Crippen LogP contribution < -0.4 is 15.8 Å². The maximum absolute atomic E-state index is 13.3. The molecule has 1 amide bonds. The fourth-order valence-corrected chi connectivity index (χ4v) is 8.25. The van der Waals surface area contributed by atoms with Gasteiger partial charge in [0.2, 0.25) is 15.9 Å². The average Bonchev–Trinajstić information content (AvgIpc) is 3.40. The molecule has 12 nitrogen and oxygen atoms in total. The molecule has 2 aliphatic heterocycles. The van der Waals surface area contributed by atoms with Crippen LogP contribution >= 0.6 is 0 Å². The van der Waals surface area contributed by atoms with Gasteiger partial charge in [0, 0.05) is 43.7 Å². The number of sulfone groups is 1. The Morgan fingerprint density at radius 1 is 1.12 bits per heavy atom. The van der Waals surface area contributed by atoms with Crippen LogP contribution in [0.1, 0.15) is 25.7 Å². The molecule has 0 radical (unpaired) electrons. The number of sulfonamides is 1. The van der Waals surface area contributed by atoms with Crippen molar-refractivity contribution in [3.05, 3.63) is 60.8 Å². The Morgan fingerprint density at radius 3 is 2.67 bits per heavy atom. The Kier molecular flexibility index (Phi) is 9.34. The number of carbonyl (C=O) groups excluding carboxylic acids is 1. The minimum Gasteiger partial charge on any atom is -0.491 e. The number of carbonyl (C=O) groups is 1. The zero-order valence-corrected chi connectivity index (χ0v) is 25.2. The van der Waals surface area contributed by atoms with Crippen LogP contribution in [0.2, 0.25) is 0 Å². The molecule has 0 bridgehead atoms. The summed E-state index contributed by atoms with van der Waals surface area (Å²) in [5.74, 6) is -0.803. The molecule has 1 unspecified atom stereocenters. The van der Waals surface area contributed by atoms with Crippen LogP contribution in [0.4, 0.5) is 0 Å². The number of primary amides is 1. The van der Waals surface area contributed by atoms with E-state index in [1.807, 2.05) is 6.07 Å². The van der Waals surface area contributed by atoms with Gasteiger partial charge in [-0.15, -0.1) is 0 Å². The van der Waals surface area contributed by atoms with E-state index in [-0.39, 0.29) is 46.9 Å². The number of nitrogens with zero attached hydrogens (tertiary/aromatic N) is 2. The standard InChI is InChI=1S/C29H36N4O8S2/c30-28(35)8-14-42(36,37)25-5-1-4-24(16-25)40-20-23(34)18-32-22-17-29(41-19-22)9-12-33(13-10-29)43(38,39)26-6-7-27-21(15-26)3-2-11-31-27/h1-7,11,15-16,22-23,32,34H,8-10,12-14,17-20H2,(H2,30,35)/t22-,23?/m1/s1. The van der Waals surface area contributed by atoms with Crippen molar-refractivity contribution in [3.63, 3.8) is 0 Å². The predicted molar refractivity (Wildman–Crippen MR) is 159 cm³/mol. The van der Waals surface area contributed by atoms with Crippen molar-refractivity contribution in [2.75, 3.05) is 38.6 Å². The number of nitrogens with one attached hydrogen (secondary N) is 1. The second-order valence-corrected chi connectivity index (χ2v) is 15.1. The van der Waals surface area contributed by atoms with Crippen molar-refractivity contribution in [1.82, 2.24) is 14.6 Å². The third-order valence-electron chi connectivity index (χ3n) is 7.92. The summed E-state index contributed by atoms with van der Waals surface area (Å²) in [7, 11) is -7.34. The molecule has 43 heavy (non-hydrogen) atoms. The first-order valence-corrected chi connectivity index (χ1v) is 17.2. The van der Waals surface area contributed by atoms with E-state index in [2.05, 4.69) is 10.3 Å². The van der Waals surface area contributed by atoms with Crippen molar-refractivity contribution in [1.29, 1.82) is 0 Å². The number of benzene rings is 2. The van der Waals surface area contributed by atoms with E-state index in [1.54, 1.807) is 36.5 Å². The summed E-state index contributed by atoms with van der Waals surface area (Å²) in [4.78, 5) is 15.5. The number of fused-ring (bicyclic) bond motifs is 1.